The summed E-state index contributed by atoms with van der Waals surface area (Å²) in [5.74, 6) is 0.935. The molecule has 0 aliphatic rings. The van der Waals surface area contributed by atoms with Crippen LogP contribution >= 0.6 is 0 Å². The SMILES string of the molecule is CCN(Cc1ccccc1)C(=O)c1cc(-c2cn(Cc3cccnc3)c(C)n2)n2ccccc12. The van der Waals surface area contributed by atoms with Gasteiger partial charge in [-0.05, 0) is 49.2 Å². The predicted octanol–water partition coefficient (Wildman–Crippen LogP) is 5.22. The van der Waals surface area contributed by atoms with Crippen molar-refractivity contribution < 1.29 is 4.79 Å². The van der Waals surface area contributed by atoms with Gasteiger partial charge in [0, 0.05) is 37.9 Å². The lowest BCUT2D eigenvalue weighted by molar-refractivity contribution is 0.0754. The minimum absolute atomic E-state index is 0.0211. The topological polar surface area (TPSA) is 55.4 Å². The maximum atomic E-state index is 13.6. The Morgan fingerprint density at radius 1 is 1.00 bits per heavy atom. The van der Waals surface area contributed by atoms with Crippen LogP contribution in [-0.4, -0.2) is 36.3 Å². The van der Waals surface area contributed by atoms with E-state index in [0.29, 0.717) is 25.2 Å². The van der Waals surface area contributed by atoms with Crippen LogP contribution in [0.15, 0.2) is 91.5 Å². The van der Waals surface area contributed by atoms with Gasteiger partial charge < -0.3 is 13.9 Å². The quantitative estimate of drug-likeness (QED) is 0.342. The molecule has 5 rings (SSSR count). The van der Waals surface area contributed by atoms with E-state index in [1.54, 1.807) is 6.20 Å². The van der Waals surface area contributed by atoms with Crippen LogP contribution in [0.4, 0.5) is 0 Å². The summed E-state index contributed by atoms with van der Waals surface area (Å²) < 4.78 is 4.17. The molecule has 1 amide bonds. The number of aromatic nitrogens is 4. The largest absolute Gasteiger partial charge is 0.335 e. The fourth-order valence-corrected chi connectivity index (χ4v) is 4.30. The first-order valence-electron chi connectivity index (χ1n) is 11.5. The molecule has 4 aromatic heterocycles. The molecule has 0 fully saturated rings. The number of carbonyl (C=O) groups is 1. The first-order valence-corrected chi connectivity index (χ1v) is 11.5. The Bertz CT molecular complexity index is 1420. The maximum absolute atomic E-state index is 13.6. The van der Waals surface area contributed by atoms with Gasteiger partial charge in [-0.25, -0.2) is 4.98 Å². The highest BCUT2D eigenvalue weighted by Crippen LogP contribution is 2.27. The van der Waals surface area contributed by atoms with Crippen LogP contribution in [0, 0.1) is 6.92 Å². The molecular formula is C28H27N5O. The normalized spacial score (nSPS) is 11.1. The second-order valence-corrected chi connectivity index (χ2v) is 8.37. The zero-order valence-corrected chi connectivity index (χ0v) is 19.4. The number of rotatable bonds is 7. The molecular weight excluding hydrogens is 422 g/mol. The molecule has 0 aliphatic carbocycles. The van der Waals surface area contributed by atoms with Crippen molar-refractivity contribution in [1.82, 2.24) is 23.8 Å². The average Bonchev–Trinajstić information content (AvgIpc) is 3.44. The van der Waals surface area contributed by atoms with Crippen molar-refractivity contribution in [3.8, 4) is 11.4 Å². The molecule has 6 heteroatoms. The van der Waals surface area contributed by atoms with E-state index in [1.807, 2.05) is 85.9 Å². The van der Waals surface area contributed by atoms with E-state index < -0.39 is 0 Å². The molecule has 0 radical (unpaired) electrons. The molecule has 4 heterocycles. The van der Waals surface area contributed by atoms with Crippen molar-refractivity contribution in [1.29, 1.82) is 0 Å². The van der Waals surface area contributed by atoms with Gasteiger partial charge in [0.25, 0.3) is 5.91 Å². The van der Waals surface area contributed by atoms with E-state index in [4.69, 9.17) is 4.98 Å². The summed E-state index contributed by atoms with van der Waals surface area (Å²) in [7, 11) is 0. The Kier molecular flexibility index (Phi) is 5.95. The summed E-state index contributed by atoms with van der Waals surface area (Å²) in [6, 6.07) is 22.0. The molecule has 0 atom stereocenters. The van der Waals surface area contributed by atoms with Crippen LogP contribution in [-0.2, 0) is 13.1 Å². The fourth-order valence-electron chi connectivity index (χ4n) is 4.30. The second kappa shape index (κ2) is 9.35. The zero-order chi connectivity index (χ0) is 23.5. The van der Waals surface area contributed by atoms with E-state index >= 15 is 0 Å². The average molecular weight is 450 g/mol. The number of nitrogens with zero attached hydrogens (tertiary/aromatic N) is 5. The molecule has 0 bridgehead atoms. The van der Waals surface area contributed by atoms with E-state index in [1.165, 1.54) is 0 Å². The number of hydrogen-bond donors (Lipinski definition) is 0. The van der Waals surface area contributed by atoms with Crippen molar-refractivity contribution in [3.05, 3.63) is 114 Å². The third-order valence-electron chi connectivity index (χ3n) is 6.11. The number of aryl methyl sites for hydroxylation is 1. The minimum Gasteiger partial charge on any atom is -0.335 e. The number of fused-ring (bicyclic) bond motifs is 1. The van der Waals surface area contributed by atoms with Crippen molar-refractivity contribution in [2.24, 2.45) is 0 Å². The van der Waals surface area contributed by atoms with Crippen molar-refractivity contribution in [3.63, 3.8) is 0 Å². The van der Waals surface area contributed by atoms with Crippen LogP contribution in [0.3, 0.4) is 0 Å². The monoisotopic (exact) mass is 449 g/mol. The van der Waals surface area contributed by atoms with Crippen LogP contribution in [0.25, 0.3) is 16.9 Å². The Balaban J connectivity index is 1.51. The molecule has 0 saturated heterocycles. The summed E-state index contributed by atoms with van der Waals surface area (Å²) in [4.78, 5) is 24.6. The Morgan fingerprint density at radius 2 is 1.79 bits per heavy atom. The van der Waals surface area contributed by atoms with Crippen molar-refractivity contribution in [2.45, 2.75) is 26.9 Å². The summed E-state index contributed by atoms with van der Waals surface area (Å²) in [5.41, 5.74) is 5.55. The maximum Gasteiger partial charge on any atom is 0.256 e. The highest BCUT2D eigenvalue weighted by molar-refractivity contribution is 6.02. The van der Waals surface area contributed by atoms with E-state index in [9.17, 15) is 4.79 Å². The van der Waals surface area contributed by atoms with Gasteiger partial charge in [-0.15, -0.1) is 0 Å². The van der Waals surface area contributed by atoms with E-state index in [-0.39, 0.29) is 5.91 Å². The number of imidazole rings is 1. The molecule has 0 aliphatic heterocycles. The van der Waals surface area contributed by atoms with Crippen LogP contribution in [0.1, 0.15) is 34.2 Å². The van der Waals surface area contributed by atoms with Gasteiger partial charge in [0.1, 0.15) is 11.5 Å². The van der Waals surface area contributed by atoms with Gasteiger partial charge in [0.2, 0.25) is 0 Å². The molecule has 0 N–H and O–H groups in total. The smallest absolute Gasteiger partial charge is 0.256 e. The Morgan fingerprint density at radius 3 is 2.56 bits per heavy atom. The fraction of sp³-hybridized carbons (Fsp3) is 0.179. The third-order valence-corrected chi connectivity index (χ3v) is 6.11. The van der Waals surface area contributed by atoms with Gasteiger partial charge in [0.15, 0.2) is 0 Å². The van der Waals surface area contributed by atoms with E-state index in [2.05, 4.69) is 32.2 Å². The summed E-state index contributed by atoms with van der Waals surface area (Å²) >= 11 is 0. The molecule has 170 valence electrons. The first kappa shape index (κ1) is 21.6. The van der Waals surface area contributed by atoms with Crippen LogP contribution in [0.5, 0.6) is 0 Å². The number of pyridine rings is 2. The van der Waals surface area contributed by atoms with E-state index in [0.717, 1.165) is 33.9 Å². The molecule has 34 heavy (non-hydrogen) atoms. The second-order valence-electron chi connectivity index (χ2n) is 8.37. The molecule has 0 unspecified atom stereocenters. The highest BCUT2D eigenvalue weighted by atomic mass is 16.2. The molecule has 1 aromatic carbocycles. The molecule has 5 aromatic rings. The van der Waals surface area contributed by atoms with Gasteiger partial charge in [-0.1, -0.05) is 42.5 Å². The van der Waals surface area contributed by atoms with Crippen LogP contribution in [0.2, 0.25) is 0 Å². The number of hydrogen-bond acceptors (Lipinski definition) is 3. The van der Waals surface area contributed by atoms with Crippen LogP contribution < -0.4 is 0 Å². The van der Waals surface area contributed by atoms with Gasteiger partial charge in [0.05, 0.1) is 23.3 Å². The number of benzene rings is 1. The van der Waals surface area contributed by atoms with Gasteiger partial charge in [-0.2, -0.15) is 0 Å². The lowest BCUT2D eigenvalue weighted by atomic mass is 10.1. The lowest BCUT2D eigenvalue weighted by Crippen LogP contribution is -2.30. The number of amides is 1. The number of carbonyl (C=O) groups excluding carboxylic acids is 1. The Hall–Kier alpha value is -4.19. The molecule has 6 nitrogen and oxygen atoms in total. The molecule has 0 spiro atoms. The zero-order valence-electron chi connectivity index (χ0n) is 19.4. The predicted molar refractivity (Wildman–Crippen MR) is 134 cm³/mol. The minimum atomic E-state index is 0.0211. The first-order chi connectivity index (χ1) is 16.6. The summed E-state index contributed by atoms with van der Waals surface area (Å²) in [6.45, 7) is 5.92. The third kappa shape index (κ3) is 4.22. The lowest BCUT2D eigenvalue weighted by Gasteiger charge is -2.20. The van der Waals surface area contributed by atoms with Crippen molar-refractivity contribution >= 4 is 11.4 Å². The summed E-state index contributed by atoms with van der Waals surface area (Å²) in [6.07, 6.45) is 7.68. The molecule has 0 saturated carbocycles. The Labute approximate surface area is 199 Å². The summed E-state index contributed by atoms with van der Waals surface area (Å²) in [5, 5.41) is 0. The van der Waals surface area contributed by atoms with Gasteiger partial charge >= 0.3 is 0 Å². The highest BCUT2D eigenvalue weighted by Gasteiger charge is 2.22. The standard InChI is InChI=1S/C28H27N5O/c1-3-31(18-22-10-5-4-6-11-22)28(34)24-16-27(33-15-8-7-13-26(24)33)25-20-32(21(2)30-25)19-23-12-9-14-29-17-23/h4-17,20H,3,18-19H2,1-2H3. The van der Waals surface area contributed by atoms with Crippen molar-refractivity contribution in [2.75, 3.05) is 6.54 Å². The van der Waals surface area contributed by atoms with Gasteiger partial charge in [-0.3, -0.25) is 9.78 Å².